The van der Waals surface area contributed by atoms with Crippen molar-refractivity contribution in [2.75, 3.05) is 14.2 Å². The summed E-state index contributed by atoms with van der Waals surface area (Å²) in [7, 11) is 2.59. The van der Waals surface area contributed by atoms with Gasteiger partial charge in [0.05, 0.1) is 19.8 Å². The predicted octanol–water partition coefficient (Wildman–Crippen LogP) is 3.39. The van der Waals surface area contributed by atoms with Crippen LogP contribution in [0.5, 0.6) is 0 Å². The highest BCUT2D eigenvalue weighted by Crippen LogP contribution is 2.42. The molecule has 0 radical (unpaired) electrons. The Morgan fingerprint density at radius 2 is 1.62 bits per heavy atom. The van der Waals surface area contributed by atoms with Crippen molar-refractivity contribution >= 4 is 11.9 Å². The molecular formula is C19H21FO4. The highest BCUT2D eigenvalue weighted by atomic mass is 19.1. The Morgan fingerprint density at radius 3 is 2.12 bits per heavy atom. The van der Waals surface area contributed by atoms with E-state index in [1.807, 2.05) is 19.9 Å². The van der Waals surface area contributed by atoms with E-state index in [2.05, 4.69) is 0 Å². The minimum absolute atomic E-state index is 0.122. The summed E-state index contributed by atoms with van der Waals surface area (Å²) in [4.78, 5) is 24.2. The van der Waals surface area contributed by atoms with E-state index in [9.17, 15) is 14.0 Å². The summed E-state index contributed by atoms with van der Waals surface area (Å²) in [6, 6.07) is 6.04. The van der Waals surface area contributed by atoms with Gasteiger partial charge in [0.1, 0.15) is 5.82 Å². The van der Waals surface area contributed by atoms with Gasteiger partial charge >= 0.3 is 11.9 Å². The summed E-state index contributed by atoms with van der Waals surface area (Å²) in [5, 5.41) is 0. The van der Waals surface area contributed by atoms with E-state index >= 15 is 0 Å². The third-order valence-electron chi connectivity index (χ3n) is 4.24. The van der Waals surface area contributed by atoms with Gasteiger partial charge in [-0.3, -0.25) is 0 Å². The number of hydrogen-bond acceptors (Lipinski definition) is 4. The van der Waals surface area contributed by atoms with Gasteiger partial charge in [-0.25, -0.2) is 14.0 Å². The Hall–Kier alpha value is -2.43. The van der Waals surface area contributed by atoms with Crippen LogP contribution >= 0.6 is 0 Å². The second-order valence-electron chi connectivity index (χ2n) is 6.06. The van der Waals surface area contributed by atoms with Gasteiger partial charge in [-0.2, -0.15) is 0 Å². The largest absolute Gasteiger partial charge is 0.466 e. The van der Waals surface area contributed by atoms with Crippen LogP contribution in [0.2, 0.25) is 0 Å². The Labute approximate surface area is 141 Å². The fourth-order valence-corrected chi connectivity index (χ4v) is 3.01. The van der Waals surface area contributed by atoms with Crippen molar-refractivity contribution in [1.29, 1.82) is 0 Å². The molecule has 128 valence electrons. The number of carbonyl (C=O) groups is 2. The second-order valence-corrected chi connectivity index (χ2v) is 6.06. The van der Waals surface area contributed by atoms with Crippen LogP contribution in [0, 0.1) is 17.7 Å². The number of esters is 2. The van der Waals surface area contributed by atoms with Gasteiger partial charge < -0.3 is 9.47 Å². The number of hydrogen-bond donors (Lipinski definition) is 0. The van der Waals surface area contributed by atoms with E-state index in [0.717, 1.165) is 5.56 Å². The van der Waals surface area contributed by atoms with E-state index in [1.54, 1.807) is 12.1 Å². The van der Waals surface area contributed by atoms with Gasteiger partial charge in [-0.15, -0.1) is 0 Å². The average Bonchev–Trinajstić information content (AvgIpc) is 2.59. The molecule has 0 unspecified atom stereocenters. The zero-order valence-corrected chi connectivity index (χ0v) is 14.2. The Bertz CT molecular complexity index is 686. The fourth-order valence-electron chi connectivity index (χ4n) is 3.01. The Balaban J connectivity index is 2.58. The summed E-state index contributed by atoms with van der Waals surface area (Å²) in [5.41, 5.74) is 1.49. The normalized spacial score (nSPS) is 20.2. The summed E-state index contributed by atoms with van der Waals surface area (Å²) >= 11 is 0. The van der Waals surface area contributed by atoms with Crippen molar-refractivity contribution in [3.63, 3.8) is 0 Å². The maximum Gasteiger partial charge on any atom is 0.337 e. The molecule has 0 aliphatic heterocycles. The van der Waals surface area contributed by atoms with E-state index in [1.165, 1.54) is 32.4 Å². The van der Waals surface area contributed by atoms with E-state index < -0.39 is 11.9 Å². The smallest absolute Gasteiger partial charge is 0.337 e. The molecule has 0 saturated carbocycles. The lowest BCUT2D eigenvalue weighted by atomic mass is 9.71. The van der Waals surface area contributed by atoms with Gasteiger partial charge in [-0.05, 0) is 35.6 Å². The fraction of sp³-hybridized carbons (Fsp3) is 0.368. The van der Waals surface area contributed by atoms with Crippen LogP contribution in [-0.2, 0) is 19.1 Å². The molecule has 1 aromatic rings. The first-order valence-electron chi connectivity index (χ1n) is 7.74. The van der Waals surface area contributed by atoms with Gasteiger partial charge in [0, 0.05) is 11.5 Å². The van der Waals surface area contributed by atoms with Crippen molar-refractivity contribution < 1.29 is 23.5 Å². The first kappa shape index (κ1) is 17.9. The molecule has 0 aromatic heterocycles. The van der Waals surface area contributed by atoms with Crippen molar-refractivity contribution in [2.45, 2.75) is 19.8 Å². The molecule has 4 nitrogen and oxygen atoms in total. The number of carbonyl (C=O) groups excluding carboxylic acids is 2. The van der Waals surface area contributed by atoms with E-state index in [-0.39, 0.29) is 23.6 Å². The highest BCUT2D eigenvalue weighted by Gasteiger charge is 2.36. The van der Waals surface area contributed by atoms with Crippen LogP contribution in [0.1, 0.15) is 25.3 Å². The third-order valence-corrected chi connectivity index (χ3v) is 4.24. The zero-order valence-electron chi connectivity index (χ0n) is 14.2. The summed E-state index contributed by atoms with van der Waals surface area (Å²) in [6.45, 7) is 4.01. The molecule has 1 aliphatic rings. The van der Waals surface area contributed by atoms with Crippen LogP contribution in [0.25, 0.3) is 0 Å². The second kappa shape index (κ2) is 7.43. The highest BCUT2D eigenvalue weighted by molar-refractivity contribution is 5.98. The molecule has 1 aromatic carbocycles. The molecule has 24 heavy (non-hydrogen) atoms. The minimum atomic E-state index is -0.510. The van der Waals surface area contributed by atoms with Crippen LogP contribution in [-0.4, -0.2) is 26.2 Å². The maximum absolute atomic E-state index is 13.3. The number of ether oxygens (including phenoxy) is 2. The standard InChI is InChI=1S/C19H21FO4/c1-11(2)15-9-13(18(21)23-3)10-16(19(22)24-4)17(15)12-5-7-14(20)8-6-12/h5-11,15,17H,1-4H3/t15-,17-/m1/s1. The molecule has 0 spiro atoms. The quantitative estimate of drug-likeness (QED) is 0.793. The molecule has 0 amide bonds. The monoisotopic (exact) mass is 332 g/mol. The van der Waals surface area contributed by atoms with E-state index in [4.69, 9.17) is 9.47 Å². The summed E-state index contributed by atoms with van der Waals surface area (Å²) in [5.74, 6) is -1.64. The first-order valence-corrected chi connectivity index (χ1v) is 7.74. The molecule has 0 heterocycles. The van der Waals surface area contributed by atoms with Crippen LogP contribution in [0.15, 0.2) is 47.6 Å². The van der Waals surface area contributed by atoms with Crippen LogP contribution in [0.4, 0.5) is 4.39 Å². The molecule has 5 heteroatoms. The van der Waals surface area contributed by atoms with Crippen molar-refractivity contribution in [1.82, 2.24) is 0 Å². The number of benzene rings is 1. The van der Waals surface area contributed by atoms with Crippen molar-refractivity contribution in [3.8, 4) is 0 Å². The predicted molar refractivity (Wildman–Crippen MR) is 87.7 cm³/mol. The van der Waals surface area contributed by atoms with Gasteiger partial charge in [0.2, 0.25) is 0 Å². The molecule has 1 aliphatic carbocycles. The number of allylic oxidation sites excluding steroid dienone is 1. The van der Waals surface area contributed by atoms with Gasteiger partial charge in [-0.1, -0.05) is 32.1 Å². The maximum atomic E-state index is 13.3. The minimum Gasteiger partial charge on any atom is -0.466 e. The molecule has 2 atom stereocenters. The number of halogens is 1. The lowest BCUT2D eigenvalue weighted by Gasteiger charge is -2.32. The number of methoxy groups -OCH3 is 2. The topological polar surface area (TPSA) is 52.6 Å². The molecule has 0 saturated heterocycles. The van der Waals surface area contributed by atoms with Gasteiger partial charge in [0.25, 0.3) is 0 Å². The third kappa shape index (κ3) is 3.55. The van der Waals surface area contributed by atoms with E-state index in [0.29, 0.717) is 11.1 Å². The zero-order chi connectivity index (χ0) is 17.9. The SMILES string of the molecule is COC(=O)C1=C[C@H](C(C)C)[C@@H](c2ccc(F)cc2)C(C(=O)OC)=C1. The molecule has 0 N–H and O–H groups in total. The lowest BCUT2D eigenvalue weighted by Crippen LogP contribution is -2.27. The average molecular weight is 332 g/mol. The number of rotatable bonds is 4. The van der Waals surface area contributed by atoms with Crippen molar-refractivity contribution in [2.24, 2.45) is 11.8 Å². The molecule has 2 rings (SSSR count). The summed E-state index contributed by atoms with van der Waals surface area (Å²) < 4.78 is 22.9. The Morgan fingerprint density at radius 1 is 1.04 bits per heavy atom. The molecular weight excluding hydrogens is 311 g/mol. The first-order chi connectivity index (χ1) is 11.4. The van der Waals surface area contributed by atoms with Crippen LogP contribution < -0.4 is 0 Å². The van der Waals surface area contributed by atoms with Gasteiger partial charge in [0.15, 0.2) is 0 Å². The molecule has 0 fully saturated rings. The summed E-state index contributed by atoms with van der Waals surface area (Å²) in [6.07, 6.45) is 3.32. The Kier molecular flexibility index (Phi) is 5.54. The van der Waals surface area contributed by atoms with Crippen molar-refractivity contribution in [3.05, 3.63) is 58.9 Å². The lowest BCUT2D eigenvalue weighted by molar-refractivity contribution is -0.136. The van der Waals surface area contributed by atoms with Crippen LogP contribution in [0.3, 0.4) is 0 Å². The molecule has 0 bridgehead atoms.